The lowest BCUT2D eigenvalue weighted by Gasteiger charge is -2.08. The van der Waals surface area contributed by atoms with Gasteiger partial charge in [-0.05, 0) is 238 Å². The van der Waals surface area contributed by atoms with Gasteiger partial charge in [-0.2, -0.15) is 0 Å². The molecule has 10 heterocycles. The molecular weight excluding hydrogens is 1830 g/mol. The molecule has 2 N–H and O–H groups in total. The third-order valence-corrected chi connectivity index (χ3v) is 25.2. The Hall–Kier alpha value is -10.9. The molecule has 0 unspecified atom stereocenters. The van der Waals surface area contributed by atoms with Crippen LogP contribution in [0.3, 0.4) is 0 Å². The van der Waals surface area contributed by atoms with Gasteiger partial charge >= 0.3 is 6.36 Å². The van der Waals surface area contributed by atoms with Crippen LogP contribution in [0.4, 0.5) is 19.0 Å². The van der Waals surface area contributed by atoms with Gasteiger partial charge in [-0.25, -0.2) is 23.4 Å². The zero-order chi connectivity index (χ0) is 93.9. The zero-order valence-electron chi connectivity index (χ0n) is 73.2. The molecule has 0 atom stereocenters. The summed E-state index contributed by atoms with van der Waals surface area (Å²) in [4.78, 5) is 91.8. The van der Waals surface area contributed by atoms with Gasteiger partial charge in [0.25, 0.3) is 0 Å². The van der Waals surface area contributed by atoms with E-state index in [0.717, 1.165) is 78.0 Å². The number of carbonyl (C=O) groups is 5. The van der Waals surface area contributed by atoms with Crippen LogP contribution in [0, 0.1) is 76.2 Å². The Bertz CT molecular complexity index is 5680. The van der Waals surface area contributed by atoms with Gasteiger partial charge in [0.15, 0.2) is 38.8 Å². The summed E-state index contributed by atoms with van der Waals surface area (Å²) in [6.07, 6.45) is 8.56. The number of nitrogens with one attached hydrogen (secondary N) is 2. The molecule has 0 saturated heterocycles. The summed E-state index contributed by atoms with van der Waals surface area (Å²) < 4.78 is 72.7. The number of aromatic nitrogens is 6. The lowest BCUT2D eigenvalue weighted by atomic mass is 10.2. The van der Waals surface area contributed by atoms with Crippen LogP contribution in [0.5, 0.6) is 11.5 Å². The second-order valence-corrected chi connectivity index (χ2v) is 39.0. The molecule has 31 heteroatoms. The van der Waals surface area contributed by atoms with E-state index >= 15 is 0 Å². The molecule has 5 aromatic carbocycles. The Kier molecular flexibility index (Phi) is 48.6. The van der Waals surface area contributed by atoms with Crippen LogP contribution in [0.15, 0.2) is 289 Å². The summed E-state index contributed by atoms with van der Waals surface area (Å²) in [6.45, 7) is 23.9. The fourth-order valence-corrected chi connectivity index (χ4v) is 17.0. The summed E-state index contributed by atoms with van der Waals surface area (Å²) in [7, 11) is -1.83. The van der Waals surface area contributed by atoms with Crippen molar-refractivity contribution in [3.63, 3.8) is 0 Å². The Morgan fingerprint density at radius 1 is 0.457 bits per heavy atom. The maximum atomic E-state index is 11.9. The average Bonchev–Trinajstić information content (AvgIpc) is 1.25. The molecule has 18 nitrogen and oxygen atoms in total. The Morgan fingerprint density at radius 2 is 0.922 bits per heavy atom. The van der Waals surface area contributed by atoms with Gasteiger partial charge in [0.2, 0.25) is 0 Å². The van der Waals surface area contributed by atoms with E-state index in [1.54, 1.807) is 115 Å². The first-order valence-corrected chi connectivity index (χ1v) is 48.3. The Labute approximate surface area is 791 Å². The van der Waals surface area contributed by atoms with Gasteiger partial charge in [-0.3, -0.25) is 38.9 Å². The van der Waals surface area contributed by atoms with Crippen molar-refractivity contribution in [1.29, 1.82) is 0 Å². The zero-order valence-corrected chi connectivity index (χ0v) is 81.3. The number of thiazole rings is 1. The summed E-state index contributed by atoms with van der Waals surface area (Å²) in [5.74, 6) is 1.37. The van der Waals surface area contributed by atoms with Crippen molar-refractivity contribution < 1.29 is 59.8 Å². The van der Waals surface area contributed by atoms with Gasteiger partial charge in [-0.1, -0.05) is 124 Å². The number of ether oxygens (including phenoxy) is 3. The van der Waals surface area contributed by atoms with E-state index in [1.807, 2.05) is 211 Å². The highest BCUT2D eigenvalue weighted by Crippen LogP contribution is 2.26. The van der Waals surface area contributed by atoms with Gasteiger partial charge in [0, 0.05) is 106 Å². The van der Waals surface area contributed by atoms with Gasteiger partial charge < -0.3 is 24.8 Å². The standard InChI is InChI=1S/C13H14N2OS.C13H13NO2S.C12H12N2O3S2.C12H11NOS2.C10H10N2OS2.C8H7F3O.C8H10O.C8H10.2C7H7Cl/c1-10-2-3-13(17-10)12(16)9-15-8-11-4-6-14-7-5-11;1-10-2-3-13(17-10)12(15)9-16-8-11-4-6-14-7-5-11;1-9-2-3-12(18-9)11(15)7-19(16,17)6-10-4-5-13-8-14-10;1-9-6-10(7-15-9)12(14)8-16-11-2-4-13-5-3-11;1-7-2-3-9(15-7)8(13)4-11-10-5-14-6-12-10;1-6-2-4-7(5-3-6)12-8(9,10)11;1-7-3-5-8(9-2)6-4-7;1-7-3-5-8(2)6-4-7;1-6-2-4-7(8)5-3-6;1-6-3-2-4-7(8)5-6/h2-7,15H,8-9H2,1H3;2-7H,8-9H2,1H3;2-5,8H,6-7H2,1H3;2-7H,8H2,1H3;2-3,5-6,11H,4H2,1H3;2-5H,1H3;3-6H,1-2H3;3-6H,1-2H3;2*2-5H,1H3. The highest BCUT2D eigenvalue weighted by Gasteiger charge is 2.31. The van der Waals surface area contributed by atoms with E-state index in [1.165, 1.54) is 114 Å². The summed E-state index contributed by atoms with van der Waals surface area (Å²) in [5, 5.41) is 11.5. The van der Waals surface area contributed by atoms with Crippen LogP contribution >= 0.6 is 103 Å². The number of nitrogens with zero attached hydrogens (tertiary/aromatic N) is 6. The molecule has 0 amide bonds. The number of aryl methyl sites for hydroxylation is 11. The molecule has 10 aromatic heterocycles. The van der Waals surface area contributed by atoms with Crippen LogP contribution in [0.2, 0.25) is 10.0 Å². The molecule has 0 bridgehead atoms. The van der Waals surface area contributed by atoms with Gasteiger partial charge in [0.05, 0.1) is 69.0 Å². The van der Waals surface area contributed by atoms with Crippen molar-refractivity contribution in [2.45, 2.75) is 106 Å². The number of ketones is 5. The third-order valence-electron chi connectivity index (χ3n) is 16.7. The van der Waals surface area contributed by atoms with E-state index in [9.17, 15) is 45.6 Å². The first-order valence-electron chi connectivity index (χ1n) is 39.7. The molecule has 0 spiro atoms. The Balaban J connectivity index is 0.000000224. The minimum atomic E-state index is -4.60. The molecular formula is C98H101Cl2F3N8O10S8. The first-order chi connectivity index (χ1) is 61.6. The van der Waals surface area contributed by atoms with Crippen molar-refractivity contribution in [2.24, 2.45) is 0 Å². The van der Waals surface area contributed by atoms with Crippen molar-refractivity contribution in [3.8, 4) is 11.5 Å². The molecule has 0 aliphatic carbocycles. The predicted octanol–water partition coefficient (Wildman–Crippen LogP) is 25.7. The molecule has 0 fully saturated rings. The largest absolute Gasteiger partial charge is 0.573 e. The fraction of sp³-hybridized carbons (Fsp3) is 0.214. The van der Waals surface area contributed by atoms with Crippen molar-refractivity contribution >= 4 is 148 Å². The molecule has 676 valence electrons. The van der Waals surface area contributed by atoms with Crippen molar-refractivity contribution in [3.05, 3.63) is 394 Å². The predicted molar refractivity (Wildman–Crippen MR) is 526 cm³/mol. The highest BCUT2D eigenvalue weighted by atomic mass is 35.5. The van der Waals surface area contributed by atoms with Crippen LogP contribution in [0.1, 0.15) is 124 Å². The minimum Gasteiger partial charge on any atom is -0.497 e. The molecule has 0 radical (unpaired) electrons. The number of pyridine rings is 3. The third kappa shape index (κ3) is 46.8. The lowest BCUT2D eigenvalue weighted by molar-refractivity contribution is -0.274. The smallest absolute Gasteiger partial charge is 0.497 e. The number of methoxy groups -OCH3 is 1. The SMILES string of the molecule is COc1ccc(C)cc1.Cc1cc(C(=O)CSc2ccncc2)cs1.Cc1ccc(C(=O)CNCc2ccncc2)s1.Cc1ccc(C(=O)CNc2cscn2)s1.Cc1ccc(C(=O)COCc2ccncc2)s1.Cc1ccc(C(=O)CS(=O)(=O)Cc2ccncn2)s1.Cc1ccc(C)cc1.Cc1ccc(Cl)cc1.Cc1ccc(OC(F)(F)F)cc1.Cc1cccc(Cl)c1. The second kappa shape index (κ2) is 58.6. The molecule has 0 aliphatic rings. The fourth-order valence-electron chi connectivity index (χ4n) is 10.0. The number of thiophene rings is 5. The minimum absolute atomic E-state index is 0.0390. The summed E-state index contributed by atoms with van der Waals surface area (Å²) in [5.41, 5.74) is 12.4. The quantitative estimate of drug-likeness (QED) is 0.0399. The average molecular weight is 1940 g/mol. The maximum Gasteiger partial charge on any atom is 0.573 e. The number of rotatable bonds is 25. The van der Waals surface area contributed by atoms with Gasteiger partial charge in [-0.15, -0.1) is 93.0 Å². The molecule has 15 rings (SSSR count). The summed E-state index contributed by atoms with van der Waals surface area (Å²) in [6, 6.07) is 67.5. The van der Waals surface area contributed by atoms with Gasteiger partial charge in [0.1, 0.15) is 36.0 Å². The topological polar surface area (TPSA) is 249 Å². The van der Waals surface area contributed by atoms with Crippen LogP contribution < -0.4 is 20.1 Å². The van der Waals surface area contributed by atoms with Crippen molar-refractivity contribution in [1.82, 2.24) is 35.2 Å². The number of hydrogen-bond donors (Lipinski definition) is 2. The number of thioether (sulfide) groups is 1. The number of anilines is 1. The van der Waals surface area contributed by atoms with E-state index in [-0.39, 0.29) is 47.0 Å². The number of halogens is 5. The van der Waals surface area contributed by atoms with Crippen LogP contribution in [0.25, 0.3) is 0 Å². The van der Waals surface area contributed by atoms with E-state index in [4.69, 9.17) is 32.7 Å². The summed E-state index contributed by atoms with van der Waals surface area (Å²) >= 11 is 21.8. The number of benzene rings is 5. The van der Waals surface area contributed by atoms with Crippen LogP contribution in [-0.4, -0.2) is 112 Å². The number of Topliss-reactive ketones (excluding diaryl/α,β-unsaturated/α-hetero) is 5. The number of carbonyl (C=O) groups excluding carboxylic acids is 5. The van der Waals surface area contributed by atoms with E-state index in [2.05, 4.69) is 90.3 Å². The second-order valence-electron chi connectivity index (χ2n) is 28.1. The monoisotopic (exact) mass is 1930 g/mol. The van der Waals surface area contributed by atoms with E-state index < -0.39 is 22.0 Å². The number of sulfone groups is 1. The molecule has 0 aliphatic heterocycles. The molecule has 0 saturated carbocycles. The normalized spacial score (nSPS) is 10.3. The van der Waals surface area contributed by atoms with Crippen molar-refractivity contribution in [2.75, 3.05) is 43.6 Å². The number of hydrogen-bond acceptors (Lipinski definition) is 25. The maximum absolute atomic E-state index is 11.9. The van der Waals surface area contributed by atoms with E-state index in [0.29, 0.717) is 42.6 Å². The first kappa shape index (κ1) is 107. The lowest BCUT2D eigenvalue weighted by Crippen LogP contribution is -2.21. The molecule has 15 aromatic rings. The molecule has 129 heavy (non-hydrogen) atoms. The number of alkyl halides is 3. The Morgan fingerprint density at radius 3 is 1.35 bits per heavy atom. The van der Waals surface area contributed by atoms with Crippen LogP contribution in [-0.2, 0) is 33.5 Å². The highest BCUT2D eigenvalue weighted by molar-refractivity contribution is 8.00.